The fourth-order valence-electron chi connectivity index (χ4n) is 2.02. The molecular formula is C12H25N3O2. The predicted molar refractivity (Wildman–Crippen MR) is 67.7 cm³/mol. The molecule has 5 heteroatoms. The summed E-state index contributed by atoms with van der Waals surface area (Å²) < 4.78 is 5.46. The van der Waals surface area contributed by atoms with Crippen molar-refractivity contribution in [3.63, 3.8) is 0 Å². The molecule has 0 saturated carbocycles. The van der Waals surface area contributed by atoms with E-state index in [1.54, 1.807) is 0 Å². The van der Waals surface area contributed by atoms with Crippen molar-refractivity contribution in [2.24, 2.45) is 5.73 Å². The number of primary amides is 1. The lowest BCUT2D eigenvalue weighted by Gasteiger charge is -2.43. The van der Waals surface area contributed by atoms with E-state index in [9.17, 15) is 4.79 Å². The maximum atomic E-state index is 11.4. The lowest BCUT2D eigenvalue weighted by Crippen LogP contribution is -2.59. The lowest BCUT2D eigenvalue weighted by atomic mass is 10.0. The van der Waals surface area contributed by atoms with E-state index in [1.165, 1.54) is 0 Å². The predicted octanol–water partition coefficient (Wildman–Crippen LogP) is -0.0493. The molecule has 0 aliphatic carbocycles. The Kier molecular flexibility index (Phi) is 5.36. The molecule has 0 aromatic rings. The third-order valence-electron chi connectivity index (χ3n) is 3.20. The van der Waals surface area contributed by atoms with Crippen LogP contribution < -0.4 is 11.1 Å². The Morgan fingerprint density at radius 2 is 2.29 bits per heavy atom. The molecule has 1 amide bonds. The summed E-state index contributed by atoms with van der Waals surface area (Å²) in [5.74, 6) is -0.277. The molecule has 5 nitrogen and oxygen atoms in total. The maximum absolute atomic E-state index is 11.4. The zero-order valence-electron chi connectivity index (χ0n) is 11.2. The molecule has 0 radical (unpaired) electrons. The average Bonchev–Trinajstić information content (AvgIpc) is 2.25. The molecule has 0 bridgehead atoms. The molecule has 100 valence electrons. The van der Waals surface area contributed by atoms with Crippen LogP contribution in [0.3, 0.4) is 0 Å². The van der Waals surface area contributed by atoms with Gasteiger partial charge >= 0.3 is 0 Å². The molecule has 1 unspecified atom stereocenters. The van der Waals surface area contributed by atoms with Gasteiger partial charge in [-0.05, 0) is 26.8 Å². The first kappa shape index (κ1) is 14.4. The van der Waals surface area contributed by atoms with E-state index in [2.05, 4.69) is 31.0 Å². The van der Waals surface area contributed by atoms with Crippen LogP contribution in [-0.2, 0) is 9.53 Å². The average molecular weight is 243 g/mol. The Hall–Kier alpha value is -0.650. The summed E-state index contributed by atoms with van der Waals surface area (Å²) in [6.45, 7) is 10.1. The fraction of sp³-hybridized carbons (Fsp3) is 0.917. The van der Waals surface area contributed by atoms with E-state index in [0.29, 0.717) is 13.2 Å². The highest BCUT2D eigenvalue weighted by molar-refractivity contribution is 5.80. The van der Waals surface area contributed by atoms with Gasteiger partial charge in [-0.2, -0.15) is 0 Å². The second-order valence-electron chi connectivity index (χ2n) is 5.22. The van der Waals surface area contributed by atoms with Crippen molar-refractivity contribution >= 4 is 5.91 Å². The van der Waals surface area contributed by atoms with E-state index >= 15 is 0 Å². The summed E-state index contributed by atoms with van der Waals surface area (Å²) in [7, 11) is 0. The molecule has 0 aromatic carbocycles. The number of ether oxygens (including phenoxy) is 1. The van der Waals surface area contributed by atoms with Gasteiger partial charge in [0, 0.05) is 18.6 Å². The first-order valence-corrected chi connectivity index (χ1v) is 6.33. The van der Waals surface area contributed by atoms with Gasteiger partial charge in [-0.3, -0.25) is 9.69 Å². The van der Waals surface area contributed by atoms with Crippen molar-refractivity contribution < 1.29 is 9.53 Å². The van der Waals surface area contributed by atoms with E-state index in [1.807, 2.05) is 0 Å². The van der Waals surface area contributed by atoms with E-state index in [0.717, 1.165) is 26.1 Å². The topological polar surface area (TPSA) is 67.6 Å². The molecule has 1 atom stereocenters. The Morgan fingerprint density at radius 1 is 1.59 bits per heavy atom. The Balaban J connectivity index is 2.55. The van der Waals surface area contributed by atoms with Crippen molar-refractivity contribution in [3.8, 4) is 0 Å². The van der Waals surface area contributed by atoms with Gasteiger partial charge in [-0.1, -0.05) is 6.92 Å². The molecule has 1 rings (SSSR count). The minimum absolute atomic E-state index is 0.0279. The van der Waals surface area contributed by atoms with Gasteiger partial charge in [0.2, 0.25) is 5.91 Å². The third-order valence-corrected chi connectivity index (χ3v) is 3.20. The monoisotopic (exact) mass is 243 g/mol. The summed E-state index contributed by atoms with van der Waals surface area (Å²) in [6, 6.07) is -0.271. The Labute approximate surface area is 104 Å². The second-order valence-corrected chi connectivity index (χ2v) is 5.22. The minimum atomic E-state index is -0.277. The molecule has 3 N–H and O–H groups in total. The van der Waals surface area contributed by atoms with Crippen LogP contribution in [0.2, 0.25) is 0 Å². The largest absolute Gasteiger partial charge is 0.378 e. The number of nitrogens with one attached hydrogen (secondary N) is 1. The first-order chi connectivity index (χ1) is 7.97. The Morgan fingerprint density at radius 3 is 2.82 bits per heavy atom. The zero-order valence-corrected chi connectivity index (χ0v) is 11.2. The van der Waals surface area contributed by atoms with Crippen LogP contribution in [0.5, 0.6) is 0 Å². The molecule has 1 aliphatic rings. The first-order valence-electron chi connectivity index (χ1n) is 6.33. The van der Waals surface area contributed by atoms with Crippen LogP contribution in [0, 0.1) is 0 Å². The van der Waals surface area contributed by atoms with Crippen LogP contribution in [0.15, 0.2) is 0 Å². The van der Waals surface area contributed by atoms with Crippen molar-refractivity contribution in [1.82, 2.24) is 10.2 Å². The Bertz CT molecular complexity index is 256. The van der Waals surface area contributed by atoms with E-state index in [4.69, 9.17) is 10.5 Å². The van der Waals surface area contributed by atoms with Crippen molar-refractivity contribution in [3.05, 3.63) is 0 Å². The molecule has 1 heterocycles. The number of nitrogens with two attached hydrogens (primary N) is 1. The van der Waals surface area contributed by atoms with Gasteiger partial charge in [0.05, 0.1) is 19.3 Å². The van der Waals surface area contributed by atoms with Gasteiger partial charge in [-0.15, -0.1) is 0 Å². The van der Waals surface area contributed by atoms with Gasteiger partial charge in [0.15, 0.2) is 0 Å². The van der Waals surface area contributed by atoms with Crippen LogP contribution in [0.25, 0.3) is 0 Å². The number of amides is 1. The second kappa shape index (κ2) is 6.33. The smallest absolute Gasteiger partial charge is 0.235 e. The lowest BCUT2D eigenvalue weighted by molar-refractivity contribution is -0.122. The summed E-state index contributed by atoms with van der Waals surface area (Å²) in [5, 5.41) is 3.20. The molecule has 1 aliphatic heterocycles. The summed E-state index contributed by atoms with van der Waals surface area (Å²) in [6.07, 6.45) is 0.996. The molecule has 1 saturated heterocycles. The number of nitrogens with zero attached hydrogens (tertiary/aromatic N) is 1. The number of hydrogen-bond donors (Lipinski definition) is 2. The van der Waals surface area contributed by atoms with E-state index < -0.39 is 0 Å². The highest BCUT2D eigenvalue weighted by atomic mass is 16.5. The zero-order chi connectivity index (χ0) is 12.9. The van der Waals surface area contributed by atoms with Crippen molar-refractivity contribution in [2.75, 3.05) is 32.8 Å². The quantitative estimate of drug-likeness (QED) is 0.686. The molecule has 0 aromatic heterocycles. The normalized spacial score (nSPS) is 22.3. The van der Waals surface area contributed by atoms with Crippen LogP contribution in [0.1, 0.15) is 27.2 Å². The van der Waals surface area contributed by atoms with Crippen LogP contribution in [0.4, 0.5) is 0 Å². The van der Waals surface area contributed by atoms with Gasteiger partial charge in [-0.25, -0.2) is 0 Å². The van der Waals surface area contributed by atoms with Crippen LogP contribution in [-0.4, -0.2) is 55.2 Å². The number of hydrogen-bond acceptors (Lipinski definition) is 4. The highest BCUT2D eigenvalue weighted by Gasteiger charge is 2.32. The molecule has 17 heavy (non-hydrogen) atoms. The molecule has 0 spiro atoms. The molecular weight excluding hydrogens is 218 g/mol. The third kappa shape index (κ3) is 4.26. The summed E-state index contributed by atoms with van der Waals surface area (Å²) >= 11 is 0. The van der Waals surface area contributed by atoms with Crippen LogP contribution >= 0.6 is 0 Å². The summed E-state index contributed by atoms with van der Waals surface area (Å²) in [5.41, 5.74) is 5.40. The van der Waals surface area contributed by atoms with Gasteiger partial charge < -0.3 is 15.8 Å². The summed E-state index contributed by atoms with van der Waals surface area (Å²) in [4.78, 5) is 13.7. The number of carbonyl (C=O) groups is 1. The van der Waals surface area contributed by atoms with Gasteiger partial charge in [0.25, 0.3) is 0 Å². The van der Waals surface area contributed by atoms with Crippen molar-refractivity contribution in [2.45, 2.75) is 38.8 Å². The maximum Gasteiger partial charge on any atom is 0.235 e. The molecule has 1 fully saturated rings. The standard InChI is InChI=1S/C12H25N3O2/c1-4-5-14-10(11(13)16)8-15-6-7-17-9-12(15,2)3/h10,14H,4-9H2,1-3H3,(H2,13,16). The SMILES string of the molecule is CCCNC(CN1CCOCC1(C)C)C(N)=O. The minimum Gasteiger partial charge on any atom is -0.378 e. The number of morpholine rings is 1. The highest BCUT2D eigenvalue weighted by Crippen LogP contribution is 2.18. The van der Waals surface area contributed by atoms with Gasteiger partial charge in [0.1, 0.15) is 0 Å². The van der Waals surface area contributed by atoms with Crippen molar-refractivity contribution in [1.29, 1.82) is 0 Å². The number of rotatable bonds is 6. The number of carbonyl (C=O) groups excluding carboxylic acids is 1. The van der Waals surface area contributed by atoms with E-state index in [-0.39, 0.29) is 17.5 Å². The fourth-order valence-corrected chi connectivity index (χ4v) is 2.02.